The van der Waals surface area contributed by atoms with E-state index >= 15 is 0 Å². The molecule has 3 aromatic rings. The summed E-state index contributed by atoms with van der Waals surface area (Å²) in [5.41, 5.74) is 1.57. The molecule has 2 aromatic carbocycles. The topological polar surface area (TPSA) is 76.2 Å². The van der Waals surface area contributed by atoms with Crippen LogP contribution >= 0.6 is 0 Å². The number of benzene rings is 2. The van der Waals surface area contributed by atoms with Crippen LogP contribution in [0.3, 0.4) is 0 Å². The molecule has 0 aliphatic rings. The Morgan fingerprint density at radius 1 is 1.09 bits per heavy atom. The zero-order valence-electron chi connectivity index (χ0n) is 11.8. The molecular formula is C16H15N3O3. The number of amides is 1. The van der Waals surface area contributed by atoms with Gasteiger partial charge in [-0.05, 0) is 24.3 Å². The van der Waals surface area contributed by atoms with Crippen LogP contribution < -0.4 is 14.8 Å². The van der Waals surface area contributed by atoms with Gasteiger partial charge in [-0.3, -0.25) is 0 Å². The van der Waals surface area contributed by atoms with Crippen molar-refractivity contribution in [1.82, 2.24) is 15.3 Å². The van der Waals surface area contributed by atoms with E-state index in [0.717, 1.165) is 16.8 Å². The molecule has 1 aromatic heterocycles. The van der Waals surface area contributed by atoms with Gasteiger partial charge in [-0.1, -0.05) is 30.3 Å². The molecule has 0 bridgehead atoms. The summed E-state index contributed by atoms with van der Waals surface area (Å²) in [6.45, 7) is 0.702. The highest BCUT2D eigenvalue weighted by Crippen LogP contribution is 2.14. The number of hydrogen-bond donors (Lipinski definition) is 2. The standard InChI is InChI=1S/C16H15N3O3/c20-16(17-10-11-21-12-6-2-1-3-7-12)22-15-18-13-8-4-5-9-14(13)19-15/h1-9H,10-11H2,(H,17,20)(H,18,19). The second-order valence-corrected chi connectivity index (χ2v) is 4.54. The van der Waals surface area contributed by atoms with Crippen LogP contribution in [0.15, 0.2) is 54.6 Å². The van der Waals surface area contributed by atoms with E-state index in [1.165, 1.54) is 0 Å². The maximum atomic E-state index is 11.7. The Morgan fingerprint density at radius 2 is 1.86 bits per heavy atom. The van der Waals surface area contributed by atoms with E-state index in [0.29, 0.717) is 13.2 Å². The fourth-order valence-electron chi connectivity index (χ4n) is 1.94. The van der Waals surface area contributed by atoms with Crippen molar-refractivity contribution in [1.29, 1.82) is 0 Å². The first-order chi connectivity index (χ1) is 10.8. The van der Waals surface area contributed by atoms with Crippen LogP contribution in [0.2, 0.25) is 0 Å². The Bertz CT molecular complexity index is 722. The average Bonchev–Trinajstić information content (AvgIpc) is 2.94. The normalized spacial score (nSPS) is 10.4. The van der Waals surface area contributed by atoms with E-state index in [2.05, 4.69) is 15.3 Å². The van der Waals surface area contributed by atoms with Crippen LogP contribution in [0.25, 0.3) is 11.0 Å². The average molecular weight is 297 g/mol. The van der Waals surface area contributed by atoms with Gasteiger partial charge in [0.2, 0.25) is 0 Å². The largest absolute Gasteiger partial charge is 0.492 e. The van der Waals surface area contributed by atoms with Crippen molar-refractivity contribution in [2.24, 2.45) is 0 Å². The molecule has 3 rings (SSSR count). The molecule has 0 aliphatic carbocycles. The molecule has 112 valence electrons. The number of imidazole rings is 1. The van der Waals surface area contributed by atoms with Gasteiger partial charge in [-0.25, -0.2) is 4.79 Å². The van der Waals surface area contributed by atoms with Crippen molar-refractivity contribution in [3.8, 4) is 11.8 Å². The molecule has 1 heterocycles. The molecule has 2 N–H and O–H groups in total. The highest BCUT2D eigenvalue weighted by molar-refractivity contribution is 5.77. The van der Waals surface area contributed by atoms with Gasteiger partial charge in [0.05, 0.1) is 17.6 Å². The second-order valence-electron chi connectivity index (χ2n) is 4.54. The predicted octanol–water partition coefficient (Wildman–Crippen LogP) is 2.73. The Kier molecular flexibility index (Phi) is 4.20. The third-order valence-electron chi connectivity index (χ3n) is 2.94. The maximum absolute atomic E-state index is 11.7. The quantitative estimate of drug-likeness (QED) is 0.710. The molecule has 6 nitrogen and oxygen atoms in total. The molecule has 1 amide bonds. The van der Waals surface area contributed by atoms with Crippen molar-refractivity contribution in [3.05, 3.63) is 54.6 Å². The Balaban J connectivity index is 1.44. The summed E-state index contributed by atoms with van der Waals surface area (Å²) < 4.78 is 10.5. The van der Waals surface area contributed by atoms with Crippen molar-refractivity contribution in [2.75, 3.05) is 13.2 Å². The Labute approximate surface area is 127 Å². The summed E-state index contributed by atoms with van der Waals surface area (Å²) in [5, 5.41) is 2.60. The summed E-state index contributed by atoms with van der Waals surface area (Å²) in [6.07, 6.45) is -0.573. The first-order valence-corrected chi connectivity index (χ1v) is 6.89. The van der Waals surface area contributed by atoms with Crippen LogP contribution in [0.4, 0.5) is 4.79 Å². The Morgan fingerprint density at radius 3 is 2.68 bits per heavy atom. The number of carbonyl (C=O) groups excluding carboxylic acids is 1. The predicted molar refractivity (Wildman–Crippen MR) is 82.1 cm³/mol. The number of carbonyl (C=O) groups is 1. The van der Waals surface area contributed by atoms with E-state index in [1.54, 1.807) is 0 Å². The number of aromatic nitrogens is 2. The Hall–Kier alpha value is -3.02. The number of H-pyrrole nitrogens is 1. The van der Waals surface area contributed by atoms with Crippen molar-refractivity contribution in [3.63, 3.8) is 0 Å². The lowest BCUT2D eigenvalue weighted by atomic mass is 10.3. The van der Waals surface area contributed by atoms with Gasteiger partial charge in [0.1, 0.15) is 12.4 Å². The summed E-state index contributed by atoms with van der Waals surface area (Å²) in [4.78, 5) is 18.7. The molecule has 0 saturated carbocycles. The minimum atomic E-state index is -0.573. The monoisotopic (exact) mass is 297 g/mol. The minimum absolute atomic E-state index is 0.169. The minimum Gasteiger partial charge on any atom is -0.492 e. The molecule has 0 fully saturated rings. The van der Waals surface area contributed by atoms with E-state index in [9.17, 15) is 4.79 Å². The zero-order valence-corrected chi connectivity index (χ0v) is 11.8. The molecule has 0 aliphatic heterocycles. The van der Waals surface area contributed by atoms with Crippen molar-refractivity contribution < 1.29 is 14.3 Å². The fraction of sp³-hybridized carbons (Fsp3) is 0.125. The number of fused-ring (bicyclic) bond motifs is 1. The SMILES string of the molecule is O=C(NCCOc1ccccc1)Oc1nc2ccccc2[nH]1. The maximum Gasteiger partial charge on any atom is 0.415 e. The van der Waals surface area contributed by atoms with Gasteiger partial charge < -0.3 is 19.8 Å². The van der Waals surface area contributed by atoms with Gasteiger partial charge in [0.15, 0.2) is 0 Å². The third-order valence-corrected chi connectivity index (χ3v) is 2.94. The van der Waals surface area contributed by atoms with Crippen LogP contribution in [0.1, 0.15) is 0 Å². The number of ether oxygens (including phenoxy) is 2. The molecule has 22 heavy (non-hydrogen) atoms. The lowest BCUT2D eigenvalue weighted by Crippen LogP contribution is -2.31. The third kappa shape index (κ3) is 3.54. The van der Waals surface area contributed by atoms with Crippen LogP contribution in [0, 0.1) is 0 Å². The van der Waals surface area contributed by atoms with Crippen molar-refractivity contribution in [2.45, 2.75) is 0 Å². The molecule has 0 spiro atoms. The lowest BCUT2D eigenvalue weighted by molar-refractivity contribution is 0.193. The molecule has 0 saturated heterocycles. The number of hydrogen-bond acceptors (Lipinski definition) is 4. The molecule has 0 unspecified atom stereocenters. The molecule has 0 radical (unpaired) electrons. The molecular weight excluding hydrogens is 282 g/mol. The summed E-state index contributed by atoms with van der Waals surface area (Å²) in [6, 6.07) is 17.0. The number of nitrogens with zero attached hydrogens (tertiary/aromatic N) is 1. The highest BCUT2D eigenvalue weighted by atomic mass is 16.6. The van der Waals surface area contributed by atoms with Gasteiger partial charge in [-0.15, -0.1) is 0 Å². The number of rotatable bonds is 5. The van der Waals surface area contributed by atoms with E-state index in [4.69, 9.17) is 9.47 Å². The summed E-state index contributed by atoms with van der Waals surface area (Å²) >= 11 is 0. The van der Waals surface area contributed by atoms with E-state index in [-0.39, 0.29) is 6.01 Å². The van der Waals surface area contributed by atoms with Gasteiger partial charge in [0.25, 0.3) is 0 Å². The number of para-hydroxylation sites is 3. The number of aromatic amines is 1. The van der Waals surface area contributed by atoms with Gasteiger partial charge in [-0.2, -0.15) is 4.98 Å². The van der Waals surface area contributed by atoms with Crippen LogP contribution in [-0.2, 0) is 0 Å². The van der Waals surface area contributed by atoms with Crippen LogP contribution in [-0.4, -0.2) is 29.2 Å². The van der Waals surface area contributed by atoms with Crippen molar-refractivity contribution >= 4 is 17.1 Å². The smallest absolute Gasteiger partial charge is 0.415 e. The molecule has 0 atom stereocenters. The zero-order chi connectivity index (χ0) is 15.2. The summed E-state index contributed by atoms with van der Waals surface area (Å²) in [5.74, 6) is 0.759. The van der Waals surface area contributed by atoms with Gasteiger partial charge in [0, 0.05) is 0 Å². The van der Waals surface area contributed by atoms with E-state index in [1.807, 2.05) is 54.6 Å². The fourth-order valence-corrected chi connectivity index (χ4v) is 1.94. The lowest BCUT2D eigenvalue weighted by Gasteiger charge is -2.06. The van der Waals surface area contributed by atoms with Gasteiger partial charge >= 0.3 is 12.1 Å². The highest BCUT2D eigenvalue weighted by Gasteiger charge is 2.08. The first-order valence-electron chi connectivity index (χ1n) is 6.89. The van der Waals surface area contributed by atoms with E-state index < -0.39 is 6.09 Å². The summed E-state index contributed by atoms with van der Waals surface area (Å²) in [7, 11) is 0. The molecule has 6 heteroatoms. The van der Waals surface area contributed by atoms with Crippen LogP contribution in [0.5, 0.6) is 11.8 Å². The number of nitrogens with one attached hydrogen (secondary N) is 2. The second kappa shape index (κ2) is 6.62. The first kappa shape index (κ1) is 13.9.